The van der Waals surface area contributed by atoms with Crippen molar-refractivity contribution in [3.63, 3.8) is 0 Å². The lowest BCUT2D eigenvalue weighted by molar-refractivity contribution is 0.0698. The van der Waals surface area contributed by atoms with Crippen LogP contribution in [0.5, 0.6) is 0 Å². The third kappa shape index (κ3) is 4.36. The number of hydrogen-bond acceptors (Lipinski definition) is 5. The Bertz CT molecular complexity index is 1340. The summed E-state index contributed by atoms with van der Waals surface area (Å²) >= 11 is 0. The van der Waals surface area contributed by atoms with Crippen LogP contribution >= 0.6 is 0 Å². The maximum atomic E-state index is 13.8. The van der Waals surface area contributed by atoms with Gasteiger partial charge in [-0.25, -0.2) is 23.5 Å². The Morgan fingerprint density at radius 3 is 2.53 bits per heavy atom. The molecule has 3 aromatic carbocycles. The van der Waals surface area contributed by atoms with Gasteiger partial charge in [-0.05, 0) is 42.0 Å². The predicted octanol–water partition coefficient (Wildman–Crippen LogP) is 4.47. The Hall–Kier alpha value is -4.40. The number of para-hydroxylation sites is 1. The molecule has 4 aromatic rings. The summed E-state index contributed by atoms with van der Waals surface area (Å²) < 4.78 is 26.9. The fourth-order valence-electron chi connectivity index (χ4n) is 3.22. The van der Waals surface area contributed by atoms with Gasteiger partial charge >= 0.3 is 5.97 Å². The van der Waals surface area contributed by atoms with Crippen molar-refractivity contribution in [2.75, 3.05) is 10.6 Å². The van der Waals surface area contributed by atoms with Gasteiger partial charge in [-0.2, -0.15) is 0 Å². The van der Waals surface area contributed by atoms with Gasteiger partial charge in [-0.15, -0.1) is 0 Å². The Balaban J connectivity index is 1.51. The fourth-order valence-corrected chi connectivity index (χ4v) is 3.22. The number of carboxylic acids is 1. The van der Waals surface area contributed by atoms with Gasteiger partial charge in [0.2, 0.25) is 0 Å². The molecular formula is C23H16F2N4O3. The summed E-state index contributed by atoms with van der Waals surface area (Å²) in [7, 11) is 0. The van der Waals surface area contributed by atoms with Gasteiger partial charge in [0, 0.05) is 23.7 Å². The van der Waals surface area contributed by atoms with Crippen molar-refractivity contribution in [3.05, 3.63) is 95.3 Å². The van der Waals surface area contributed by atoms with Gasteiger partial charge in [-0.3, -0.25) is 4.79 Å². The van der Waals surface area contributed by atoms with Crippen LogP contribution < -0.4 is 10.6 Å². The fraction of sp³-hybridized carbons (Fsp3) is 0.0435. The first kappa shape index (κ1) is 20.9. The van der Waals surface area contributed by atoms with Gasteiger partial charge < -0.3 is 15.7 Å². The molecule has 9 heteroatoms. The molecule has 0 aliphatic heterocycles. The zero-order valence-electron chi connectivity index (χ0n) is 16.5. The molecule has 4 rings (SSSR count). The molecule has 7 nitrogen and oxygen atoms in total. The molecule has 3 N–H and O–H groups in total. The lowest BCUT2D eigenvalue weighted by Crippen LogP contribution is -2.14. The number of carboxylic acid groups (broad SMARTS) is 1. The zero-order chi connectivity index (χ0) is 22.7. The van der Waals surface area contributed by atoms with E-state index >= 15 is 0 Å². The quantitative estimate of drug-likeness (QED) is 0.414. The third-order valence-corrected chi connectivity index (χ3v) is 4.72. The summed E-state index contributed by atoms with van der Waals surface area (Å²) in [4.78, 5) is 32.0. The number of carbonyl (C=O) groups excluding carboxylic acids is 1. The molecule has 1 heterocycles. The number of rotatable bonds is 6. The van der Waals surface area contributed by atoms with E-state index in [1.807, 2.05) is 6.07 Å². The minimum absolute atomic E-state index is 0.0747. The van der Waals surface area contributed by atoms with Crippen LogP contribution in [0.1, 0.15) is 26.3 Å². The van der Waals surface area contributed by atoms with Crippen molar-refractivity contribution in [2.24, 2.45) is 0 Å². The van der Waals surface area contributed by atoms with Crippen molar-refractivity contribution in [3.8, 4) is 0 Å². The van der Waals surface area contributed by atoms with Gasteiger partial charge in [-0.1, -0.05) is 18.2 Å². The molecule has 0 spiro atoms. The third-order valence-electron chi connectivity index (χ3n) is 4.72. The molecule has 0 bridgehead atoms. The van der Waals surface area contributed by atoms with Gasteiger partial charge in [0.1, 0.15) is 23.8 Å². The van der Waals surface area contributed by atoms with E-state index < -0.39 is 23.5 Å². The summed E-state index contributed by atoms with van der Waals surface area (Å²) in [6.07, 6.45) is 1.28. The van der Waals surface area contributed by atoms with Crippen LogP contribution in [0.15, 0.2) is 67.0 Å². The van der Waals surface area contributed by atoms with E-state index in [1.165, 1.54) is 12.4 Å². The minimum Gasteiger partial charge on any atom is -0.478 e. The Morgan fingerprint density at radius 2 is 1.75 bits per heavy atom. The molecule has 0 atom stereocenters. The number of carbonyl (C=O) groups is 2. The molecule has 0 aliphatic rings. The van der Waals surface area contributed by atoms with E-state index in [1.54, 1.807) is 30.3 Å². The van der Waals surface area contributed by atoms with Crippen LogP contribution in [0.4, 0.5) is 20.3 Å². The SMILES string of the molecule is O=C(Nc1cccc(CNc2ncnc3c(C(=O)O)cccc23)c1)c1ccc(F)cc1F. The summed E-state index contributed by atoms with van der Waals surface area (Å²) in [6.45, 7) is 0.317. The Kier molecular flexibility index (Phi) is 5.71. The topological polar surface area (TPSA) is 104 Å². The number of benzene rings is 3. The van der Waals surface area contributed by atoms with E-state index in [9.17, 15) is 23.5 Å². The molecule has 0 unspecified atom stereocenters. The van der Waals surface area contributed by atoms with Crippen molar-refractivity contribution in [1.29, 1.82) is 0 Å². The second-order valence-electron chi connectivity index (χ2n) is 6.86. The monoisotopic (exact) mass is 434 g/mol. The first-order valence-electron chi connectivity index (χ1n) is 9.48. The average molecular weight is 434 g/mol. The number of aromatic carboxylic acids is 1. The molecule has 0 aliphatic carbocycles. The van der Waals surface area contributed by atoms with Gasteiger partial charge in [0.25, 0.3) is 5.91 Å². The van der Waals surface area contributed by atoms with Crippen LogP contribution in [0, 0.1) is 11.6 Å². The average Bonchev–Trinajstić information content (AvgIpc) is 2.77. The van der Waals surface area contributed by atoms with E-state index in [-0.39, 0.29) is 11.1 Å². The number of hydrogen-bond donors (Lipinski definition) is 3. The number of anilines is 2. The largest absolute Gasteiger partial charge is 0.478 e. The smallest absolute Gasteiger partial charge is 0.337 e. The molecule has 0 radical (unpaired) electrons. The number of nitrogens with zero attached hydrogens (tertiary/aromatic N) is 2. The van der Waals surface area contributed by atoms with Crippen LogP contribution in [0.3, 0.4) is 0 Å². The number of nitrogens with one attached hydrogen (secondary N) is 2. The van der Waals surface area contributed by atoms with Crippen LogP contribution in [-0.4, -0.2) is 27.0 Å². The molecule has 32 heavy (non-hydrogen) atoms. The van der Waals surface area contributed by atoms with E-state index in [0.29, 0.717) is 35.0 Å². The lowest BCUT2D eigenvalue weighted by Gasteiger charge is -2.11. The Labute approximate surface area is 180 Å². The summed E-state index contributed by atoms with van der Waals surface area (Å²) in [6, 6.07) is 14.4. The van der Waals surface area contributed by atoms with Crippen molar-refractivity contribution in [1.82, 2.24) is 9.97 Å². The predicted molar refractivity (Wildman–Crippen MR) is 115 cm³/mol. The van der Waals surface area contributed by atoms with Crippen molar-refractivity contribution < 1.29 is 23.5 Å². The molecule has 160 valence electrons. The van der Waals surface area contributed by atoms with E-state index in [0.717, 1.165) is 17.7 Å². The minimum atomic E-state index is -1.08. The molecule has 0 saturated heterocycles. The molecule has 1 aromatic heterocycles. The van der Waals surface area contributed by atoms with Crippen LogP contribution in [-0.2, 0) is 6.54 Å². The highest BCUT2D eigenvalue weighted by Gasteiger charge is 2.14. The zero-order valence-corrected chi connectivity index (χ0v) is 16.5. The number of fused-ring (bicyclic) bond motifs is 1. The molecule has 0 saturated carbocycles. The van der Waals surface area contributed by atoms with Crippen LogP contribution in [0.25, 0.3) is 10.9 Å². The van der Waals surface area contributed by atoms with E-state index in [2.05, 4.69) is 20.6 Å². The maximum absolute atomic E-state index is 13.8. The summed E-state index contributed by atoms with van der Waals surface area (Å²) in [5, 5.41) is 15.6. The summed E-state index contributed by atoms with van der Waals surface area (Å²) in [5.74, 6) is -3.03. The maximum Gasteiger partial charge on any atom is 0.337 e. The van der Waals surface area contributed by atoms with Crippen LogP contribution in [0.2, 0.25) is 0 Å². The summed E-state index contributed by atoms with van der Waals surface area (Å²) in [5.41, 5.74) is 1.34. The highest BCUT2D eigenvalue weighted by atomic mass is 19.1. The first-order valence-corrected chi connectivity index (χ1v) is 9.48. The highest BCUT2D eigenvalue weighted by molar-refractivity contribution is 6.05. The highest BCUT2D eigenvalue weighted by Crippen LogP contribution is 2.23. The van der Waals surface area contributed by atoms with Crippen molar-refractivity contribution in [2.45, 2.75) is 6.54 Å². The lowest BCUT2D eigenvalue weighted by atomic mass is 10.1. The molecular weight excluding hydrogens is 418 g/mol. The second-order valence-corrected chi connectivity index (χ2v) is 6.86. The normalized spacial score (nSPS) is 10.7. The number of halogens is 2. The number of aromatic nitrogens is 2. The van der Waals surface area contributed by atoms with E-state index in [4.69, 9.17) is 0 Å². The molecule has 0 fully saturated rings. The second kappa shape index (κ2) is 8.76. The Morgan fingerprint density at radius 1 is 0.938 bits per heavy atom. The standard InChI is InChI=1S/C23H16F2N4O3/c24-14-7-8-16(19(25)10-14)22(30)29-15-4-1-3-13(9-15)11-26-21-17-5-2-6-18(23(31)32)20(17)27-12-28-21/h1-10,12H,11H2,(H,29,30)(H,31,32)(H,26,27,28). The van der Waals surface area contributed by atoms with Gasteiger partial charge in [0.15, 0.2) is 0 Å². The first-order chi connectivity index (χ1) is 15.4. The van der Waals surface area contributed by atoms with Gasteiger partial charge in [0.05, 0.1) is 16.6 Å². The van der Waals surface area contributed by atoms with Crippen molar-refractivity contribution >= 4 is 34.3 Å². The number of amides is 1. The molecule has 1 amide bonds.